The first kappa shape index (κ1) is 10.3. The predicted octanol–water partition coefficient (Wildman–Crippen LogP) is 2.68. The maximum Gasteiger partial charge on any atom is 0.128 e. The molecule has 3 nitrogen and oxygen atoms in total. The van der Waals surface area contributed by atoms with Crippen molar-refractivity contribution >= 4 is 5.82 Å². The van der Waals surface area contributed by atoms with Crippen molar-refractivity contribution in [2.75, 3.05) is 11.9 Å². The minimum Gasteiger partial charge on any atom is -0.370 e. The number of benzene rings is 1. The molecule has 1 aromatic carbocycles. The average molecular weight is 231 g/mol. The van der Waals surface area contributed by atoms with E-state index in [1.54, 1.807) is 12.1 Å². The lowest BCUT2D eigenvalue weighted by molar-refractivity contribution is 0.628. The third-order valence-corrected chi connectivity index (χ3v) is 3.12. The van der Waals surface area contributed by atoms with Crippen molar-refractivity contribution in [3.8, 4) is 11.3 Å². The number of rotatable bonds is 2. The Kier molecular flexibility index (Phi) is 2.35. The van der Waals surface area contributed by atoms with Gasteiger partial charge in [-0.15, -0.1) is 0 Å². The second kappa shape index (κ2) is 3.87. The van der Waals surface area contributed by atoms with Crippen LogP contribution in [-0.4, -0.2) is 16.3 Å². The molecule has 0 saturated carbocycles. The molecule has 1 N–H and O–H groups in total. The number of hydrogen-bond acceptors (Lipinski definition) is 2. The maximum atomic E-state index is 13.2. The van der Waals surface area contributed by atoms with Crippen molar-refractivity contribution in [3.05, 3.63) is 35.6 Å². The van der Waals surface area contributed by atoms with Crippen LogP contribution in [0.15, 0.2) is 24.3 Å². The van der Waals surface area contributed by atoms with E-state index in [0.29, 0.717) is 0 Å². The van der Waals surface area contributed by atoms with E-state index in [1.807, 2.05) is 10.7 Å². The summed E-state index contributed by atoms with van der Waals surface area (Å²) in [6.45, 7) is 3.82. The van der Waals surface area contributed by atoms with Crippen LogP contribution in [0.4, 0.5) is 10.2 Å². The Morgan fingerprint density at radius 2 is 2.35 bits per heavy atom. The Hall–Kier alpha value is -1.84. The lowest BCUT2D eigenvalue weighted by atomic mass is 10.1. The van der Waals surface area contributed by atoms with E-state index in [-0.39, 0.29) is 5.82 Å². The summed E-state index contributed by atoms with van der Waals surface area (Å²) in [7, 11) is 0. The van der Waals surface area contributed by atoms with Gasteiger partial charge in [0.05, 0.1) is 5.69 Å². The topological polar surface area (TPSA) is 29.9 Å². The largest absolute Gasteiger partial charge is 0.370 e. The smallest absolute Gasteiger partial charge is 0.128 e. The second-order valence-electron chi connectivity index (χ2n) is 4.18. The van der Waals surface area contributed by atoms with E-state index in [9.17, 15) is 4.39 Å². The second-order valence-corrected chi connectivity index (χ2v) is 4.18. The van der Waals surface area contributed by atoms with Crippen molar-refractivity contribution in [2.45, 2.75) is 19.9 Å². The van der Waals surface area contributed by atoms with Crippen LogP contribution in [0.1, 0.15) is 12.5 Å². The van der Waals surface area contributed by atoms with Gasteiger partial charge < -0.3 is 5.32 Å². The highest BCUT2D eigenvalue weighted by Crippen LogP contribution is 2.32. The van der Waals surface area contributed by atoms with Crippen LogP contribution in [0.2, 0.25) is 0 Å². The minimum atomic E-state index is -0.215. The van der Waals surface area contributed by atoms with Crippen molar-refractivity contribution in [1.82, 2.24) is 9.78 Å². The fourth-order valence-corrected chi connectivity index (χ4v) is 2.34. The van der Waals surface area contributed by atoms with Gasteiger partial charge in [0, 0.05) is 24.2 Å². The number of aromatic nitrogens is 2. The number of halogens is 1. The molecule has 17 heavy (non-hydrogen) atoms. The Balaban J connectivity index is 2.15. The summed E-state index contributed by atoms with van der Waals surface area (Å²) in [4.78, 5) is 0. The molecule has 0 fully saturated rings. The van der Waals surface area contributed by atoms with Crippen LogP contribution < -0.4 is 5.32 Å². The van der Waals surface area contributed by atoms with E-state index in [4.69, 9.17) is 0 Å². The van der Waals surface area contributed by atoms with E-state index in [0.717, 1.165) is 36.6 Å². The van der Waals surface area contributed by atoms with Crippen LogP contribution in [0.3, 0.4) is 0 Å². The average Bonchev–Trinajstić information content (AvgIpc) is 2.89. The number of anilines is 1. The molecule has 0 spiro atoms. The molecular weight excluding hydrogens is 217 g/mol. The number of nitrogens with one attached hydrogen (secondary N) is 1. The monoisotopic (exact) mass is 231 g/mol. The summed E-state index contributed by atoms with van der Waals surface area (Å²) < 4.78 is 15.2. The Morgan fingerprint density at radius 3 is 3.12 bits per heavy atom. The first-order valence-corrected chi connectivity index (χ1v) is 5.89. The molecule has 1 aromatic heterocycles. The molecule has 0 unspecified atom stereocenters. The first-order valence-electron chi connectivity index (χ1n) is 5.89. The summed E-state index contributed by atoms with van der Waals surface area (Å²) in [5.41, 5.74) is 2.97. The molecule has 88 valence electrons. The van der Waals surface area contributed by atoms with Gasteiger partial charge >= 0.3 is 0 Å². The summed E-state index contributed by atoms with van der Waals surface area (Å²) >= 11 is 0. The zero-order chi connectivity index (χ0) is 11.8. The molecule has 3 rings (SSSR count). The quantitative estimate of drug-likeness (QED) is 0.861. The van der Waals surface area contributed by atoms with Gasteiger partial charge in [0.25, 0.3) is 0 Å². The van der Waals surface area contributed by atoms with Gasteiger partial charge in [0.1, 0.15) is 11.6 Å². The van der Waals surface area contributed by atoms with Gasteiger partial charge in [-0.2, -0.15) is 5.10 Å². The Labute approximate surface area is 99.3 Å². The van der Waals surface area contributed by atoms with Crippen LogP contribution in [0, 0.1) is 5.82 Å². The SMILES string of the molecule is CCn1nc(-c2cccc(F)c2)c2c1NCC2. The fourth-order valence-electron chi connectivity index (χ4n) is 2.34. The van der Waals surface area contributed by atoms with E-state index >= 15 is 0 Å². The third-order valence-electron chi connectivity index (χ3n) is 3.12. The van der Waals surface area contributed by atoms with Gasteiger partial charge in [-0.25, -0.2) is 9.07 Å². The third kappa shape index (κ3) is 1.60. The summed E-state index contributed by atoms with van der Waals surface area (Å²) in [6.07, 6.45) is 0.960. The molecule has 0 radical (unpaired) electrons. The van der Waals surface area contributed by atoms with Crippen molar-refractivity contribution in [1.29, 1.82) is 0 Å². The number of fused-ring (bicyclic) bond motifs is 1. The van der Waals surface area contributed by atoms with Gasteiger partial charge in [0.15, 0.2) is 0 Å². The van der Waals surface area contributed by atoms with Gasteiger partial charge in [0.2, 0.25) is 0 Å². The first-order chi connectivity index (χ1) is 8.29. The molecule has 4 heteroatoms. The Bertz CT molecular complexity index is 560. The zero-order valence-corrected chi connectivity index (χ0v) is 9.70. The Morgan fingerprint density at radius 1 is 1.47 bits per heavy atom. The van der Waals surface area contributed by atoms with E-state index < -0.39 is 0 Å². The fraction of sp³-hybridized carbons (Fsp3) is 0.308. The van der Waals surface area contributed by atoms with Crippen molar-refractivity contribution < 1.29 is 4.39 Å². The number of aryl methyl sites for hydroxylation is 1. The molecule has 2 heterocycles. The molecule has 1 aliphatic rings. The zero-order valence-electron chi connectivity index (χ0n) is 9.70. The molecular formula is C13H14FN3. The standard InChI is InChI=1S/C13H14FN3/c1-2-17-13-11(6-7-15-13)12(16-17)9-4-3-5-10(14)8-9/h3-5,8,15H,2,6-7H2,1H3. The van der Waals surface area contributed by atoms with Crippen molar-refractivity contribution in [3.63, 3.8) is 0 Å². The van der Waals surface area contributed by atoms with E-state index in [2.05, 4.69) is 17.3 Å². The molecule has 0 saturated heterocycles. The molecule has 0 bridgehead atoms. The van der Waals surface area contributed by atoms with Crippen LogP contribution in [0.5, 0.6) is 0 Å². The van der Waals surface area contributed by atoms with Gasteiger partial charge in [-0.05, 0) is 25.5 Å². The van der Waals surface area contributed by atoms with Crippen LogP contribution in [-0.2, 0) is 13.0 Å². The van der Waals surface area contributed by atoms with Crippen molar-refractivity contribution in [2.24, 2.45) is 0 Å². The lowest BCUT2D eigenvalue weighted by Crippen LogP contribution is -2.04. The lowest BCUT2D eigenvalue weighted by Gasteiger charge is -2.01. The summed E-state index contributed by atoms with van der Waals surface area (Å²) in [6, 6.07) is 6.63. The highest BCUT2D eigenvalue weighted by molar-refractivity contribution is 5.71. The van der Waals surface area contributed by atoms with Gasteiger partial charge in [-0.1, -0.05) is 12.1 Å². The highest BCUT2D eigenvalue weighted by Gasteiger charge is 2.22. The molecule has 1 aliphatic heterocycles. The minimum absolute atomic E-state index is 0.215. The molecule has 0 atom stereocenters. The van der Waals surface area contributed by atoms with Crippen LogP contribution in [0.25, 0.3) is 11.3 Å². The summed E-state index contributed by atoms with van der Waals surface area (Å²) in [5, 5.41) is 7.88. The van der Waals surface area contributed by atoms with Crippen LogP contribution >= 0.6 is 0 Å². The highest BCUT2D eigenvalue weighted by atomic mass is 19.1. The predicted molar refractivity (Wildman–Crippen MR) is 65.5 cm³/mol. The molecule has 0 aliphatic carbocycles. The molecule has 2 aromatic rings. The van der Waals surface area contributed by atoms with Gasteiger partial charge in [-0.3, -0.25) is 0 Å². The normalized spacial score (nSPS) is 13.5. The number of nitrogens with zero attached hydrogens (tertiary/aromatic N) is 2. The summed E-state index contributed by atoms with van der Waals surface area (Å²) in [5.74, 6) is 0.875. The maximum absolute atomic E-state index is 13.2. The number of hydrogen-bond donors (Lipinski definition) is 1. The van der Waals surface area contributed by atoms with E-state index in [1.165, 1.54) is 11.6 Å². The molecule has 0 amide bonds.